The Labute approximate surface area is 146 Å². The van der Waals surface area contributed by atoms with Crippen LogP contribution in [0.25, 0.3) is 5.57 Å². The van der Waals surface area contributed by atoms with E-state index in [1.807, 2.05) is 0 Å². The summed E-state index contributed by atoms with van der Waals surface area (Å²) < 4.78 is 4.12. The van der Waals surface area contributed by atoms with Gasteiger partial charge >= 0.3 is 111 Å². The predicted molar refractivity (Wildman–Crippen MR) is 55.0 cm³/mol. The molecule has 1 atom stereocenters. The van der Waals surface area contributed by atoms with Crippen molar-refractivity contribution in [2.45, 2.75) is 3.63 Å². The molecule has 5 heteroatoms. The number of hydrogen-bond acceptors (Lipinski definition) is 0. The number of allylic oxidation sites excluding steroid dienone is 4. The second-order valence-corrected chi connectivity index (χ2v) is 9.60. The average Bonchev–Trinajstić information content (AvgIpc) is 2.57. The molecule has 0 bridgehead atoms. The molecule has 1 unspecified atom stereocenters. The molecule has 1 aromatic rings. The van der Waals surface area contributed by atoms with Gasteiger partial charge in [0.15, 0.2) is 0 Å². The molecule has 0 saturated heterocycles. The van der Waals surface area contributed by atoms with Crippen molar-refractivity contribution in [2.75, 3.05) is 0 Å². The minimum atomic E-state index is -0.532. The van der Waals surface area contributed by atoms with E-state index in [2.05, 4.69) is 42.5 Å². The Bertz CT molecular complexity index is 578. The standard InChI is InChI=1S/C12H8.Bi.3ClH.Zr/c1-3-7-11(8-4-1)12-9-5-2-6-10-12;;;;;/h1-7,9H;;3*1H;/q;;;;;+3/p-3. The summed E-state index contributed by atoms with van der Waals surface area (Å²) in [6.45, 7) is 0. The molecule has 0 N–H and O–H groups in total. The molecule has 17 heavy (non-hydrogen) atoms. The normalized spacial score (nSPS) is 18.6. The minimum absolute atomic E-state index is 0. The van der Waals surface area contributed by atoms with Gasteiger partial charge in [0.05, 0.1) is 0 Å². The number of fused-ring (bicyclic) bond motifs is 2. The van der Waals surface area contributed by atoms with E-state index in [4.69, 9.17) is 0 Å². The third-order valence-corrected chi connectivity index (χ3v) is 8.67. The molecule has 2 aliphatic rings. The molecule has 1 aliphatic carbocycles. The fourth-order valence-corrected chi connectivity index (χ4v) is 9.15. The van der Waals surface area contributed by atoms with Crippen LogP contribution in [0.15, 0.2) is 45.8 Å². The van der Waals surface area contributed by atoms with Crippen molar-refractivity contribution in [3.8, 4) is 0 Å². The molecule has 0 saturated carbocycles. The Morgan fingerprint density at radius 3 is 2.53 bits per heavy atom. The van der Waals surface area contributed by atoms with E-state index >= 15 is 0 Å². The van der Waals surface area contributed by atoms with E-state index in [1.54, 1.807) is 41.6 Å². The zero-order valence-corrected chi connectivity index (χ0v) is 16.9. The van der Waals surface area contributed by atoms with Crippen molar-refractivity contribution in [3.63, 3.8) is 0 Å². The van der Waals surface area contributed by atoms with Crippen LogP contribution in [0.4, 0.5) is 0 Å². The number of hydrogen-bond donors (Lipinski definition) is 0. The molecular formula is C12H8BiCl3Zr. The molecule has 1 aliphatic heterocycles. The summed E-state index contributed by atoms with van der Waals surface area (Å²) in [6.07, 6.45) is 6.96. The van der Waals surface area contributed by atoms with Gasteiger partial charge in [0.1, 0.15) is 0 Å². The van der Waals surface area contributed by atoms with Crippen molar-refractivity contribution >= 4 is 28.3 Å². The molecule has 0 spiro atoms. The van der Waals surface area contributed by atoms with Crippen LogP contribution in [-0.2, 0) is 24.7 Å². The average molecular weight is 559 g/mol. The van der Waals surface area contributed by atoms with Crippen molar-refractivity contribution in [2.24, 2.45) is 0 Å². The Morgan fingerprint density at radius 1 is 1.06 bits per heavy atom. The first-order valence-electron chi connectivity index (χ1n) is 4.64. The molecule has 0 aromatic heterocycles. The summed E-state index contributed by atoms with van der Waals surface area (Å²) in [5.74, 6) is 0. The van der Waals surface area contributed by atoms with Crippen LogP contribution in [0.1, 0.15) is 0 Å². The van der Waals surface area contributed by atoms with Gasteiger partial charge in [-0.3, -0.25) is 0 Å². The summed E-state index contributed by atoms with van der Waals surface area (Å²) in [6, 6.07) is 9.01. The van der Waals surface area contributed by atoms with Gasteiger partial charge in [-0.15, -0.1) is 0 Å². The van der Waals surface area contributed by atoms with Gasteiger partial charge in [0.25, 0.3) is 0 Å². The maximum atomic E-state index is 2.35. The molecule has 1 aromatic carbocycles. The first-order valence-corrected chi connectivity index (χ1v) is 9.54. The first kappa shape index (κ1) is 18.2. The van der Waals surface area contributed by atoms with E-state index in [1.165, 1.54) is 0 Å². The Balaban J connectivity index is 0.000000853. The van der Waals surface area contributed by atoms with E-state index in [9.17, 15) is 0 Å². The molecule has 3 rings (SSSR count). The van der Waals surface area contributed by atoms with Crippen LogP contribution >= 0.6 is 0 Å². The van der Waals surface area contributed by atoms with Crippen LogP contribution in [0.5, 0.6) is 0 Å². The Morgan fingerprint density at radius 2 is 1.76 bits per heavy atom. The van der Waals surface area contributed by atoms with Gasteiger partial charge in [0.2, 0.25) is 0 Å². The third kappa shape index (κ3) is 3.40. The quantitative estimate of drug-likeness (QED) is 0.278. The van der Waals surface area contributed by atoms with Gasteiger partial charge in [0, 0.05) is 0 Å². The van der Waals surface area contributed by atoms with Crippen molar-refractivity contribution < 1.29 is 61.9 Å². The fourth-order valence-electron chi connectivity index (χ4n) is 1.93. The number of halogens is 3. The van der Waals surface area contributed by atoms with Gasteiger partial charge in [-0.2, -0.15) is 0 Å². The SMILES string of the molecule is [Cl-].[Cl-].[Cl-].[Zr+3][CH]1C=CC=[C]2[Bi]=[c]3ccccc3=C21. The van der Waals surface area contributed by atoms with Crippen LogP contribution in [-0.4, -0.2) is 22.8 Å². The summed E-state index contributed by atoms with van der Waals surface area (Å²) >= 11 is 1.09. The Kier molecular flexibility index (Phi) is 8.26. The summed E-state index contributed by atoms with van der Waals surface area (Å²) in [4.78, 5) is 0. The van der Waals surface area contributed by atoms with E-state index < -0.39 is 22.8 Å². The molecule has 1 heterocycles. The van der Waals surface area contributed by atoms with E-state index in [0.29, 0.717) is 0 Å². The van der Waals surface area contributed by atoms with Crippen molar-refractivity contribution in [1.29, 1.82) is 0 Å². The van der Waals surface area contributed by atoms with Gasteiger partial charge in [-0.05, 0) is 0 Å². The van der Waals surface area contributed by atoms with Crippen molar-refractivity contribution in [1.82, 2.24) is 0 Å². The van der Waals surface area contributed by atoms with Crippen LogP contribution in [0.3, 0.4) is 0 Å². The number of rotatable bonds is 0. The van der Waals surface area contributed by atoms with Crippen LogP contribution in [0, 0.1) is 2.85 Å². The predicted octanol–water partition coefficient (Wildman–Crippen LogP) is -7.39. The summed E-state index contributed by atoms with van der Waals surface area (Å²) in [7, 11) is 0. The molecule has 0 radical (unpaired) electrons. The second kappa shape index (κ2) is 7.71. The molecule has 86 valence electrons. The molecule has 0 nitrogen and oxygen atoms in total. The molecular weight excluding hydrogens is 551 g/mol. The molecule has 0 fully saturated rings. The maximum absolute atomic E-state index is 2.35. The van der Waals surface area contributed by atoms with E-state index in [0.717, 1.165) is 3.63 Å². The summed E-state index contributed by atoms with van der Waals surface area (Å²) in [5.41, 5.74) is 1.66. The first-order chi connectivity index (χ1) is 6.86. The topological polar surface area (TPSA) is 0 Å². The number of benzene rings is 1. The molecule has 0 amide bonds. The zero-order chi connectivity index (χ0) is 9.54. The van der Waals surface area contributed by atoms with Crippen LogP contribution < -0.4 is 42.4 Å². The van der Waals surface area contributed by atoms with E-state index in [-0.39, 0.29) is 37.2 Å². The fraction of sp³-hybridized carbons (Fsp3) is 0.0833. The Hall–Kier alpha value is 1.21. The van der Waals surface area contributed by atoms with Gasteiger partial charge in [-0.1, -0.05) is 0 Å². The summed E-state index contributed by atoms with van der Waals surface area (Å²) in [5, 5.41) is 1.57. The van der Waals surface area contributed by atoms with Crippen molar-refractivity contribution in [3.05, 3.63) is 53.8 Å². The van der Waals surface area contributed by atoms with Gasteiger partial charge < -0.3 is 37.2 Å². The van der Waals surface area contributed by atoms with Crippen LogP contribution in [0.2, 0.25) is 3.63 Å². The van der Waals surface area contributed by atoms with Gasteiger partial charge in [-0.25, -0.2) is 0 Å². The second-order valence-electron chi connectivity index (χ2n) is 3.46. The zero-order valence-electron chi connectivity index (χ0n) is 8.70. The third-order valence-electron chi connectivity index (χ3n) is 2.58. The monoisotopic (exact) mass is 556 g/mol.